The molecule has 0 aliphatic heterocycles. The van der Waals surface area contributed by atoms with Crippen molar-refractivity contribution in [2.75, 3.05) is 26.7 Å². The first-order valence-corrected chi connectivity index (χ1v) is 21.2. The van der Waals surface area contributed by atoms with E-state index < -0.39 is 0 Å². The highest BCUT2D eigenvalue weighted by Gasteiger charge is 2.53. The van der Waals surface area contributed by atoms with E-state index in [-0.39, 0.29) is 62.6 Å². The van der Waals surface area contributed by atoms with E-state index in [1.54, 1.807) is 24.3 Å². The van der Waals surface area contributed by atoms with Crippen LogP contribution in [-0.4, -0.2) is 75.4 Å². The number of amides is 2. The Bertz CT molecular complexity index is 1820. The molecule has 2 amide bonds. The summed E-state index contributed by atoms with van der Waals surface area (Å²) in [4.78, 5) is 37.1. The van der Waals surface area contributed by atoms with E-state index in [2.05, 4.69) is 29.8 Å². The number of fused-ring (bicyclic) bond motifs is 2. The lowest BCUT2D eigenvalue weighted by atomic mass is 9.47. The average molecular weight is 820 g/mol. The molecule has 4 atom stereocenters. The summed E-state index contributed by atoms with van der Waals surface area (Å²) in [6.07, 6.45) is 11.9. The SMILES string of the molecule is CC.CC1(CCC=O)CC2CC(C)(CCC(=O)NCCc3ccc(O)c(O)c3)CC(CCC(=O)NCCc3ccc(O)c(O)c3)(C2)C1.CNCCc1ccc(O)c(O)c1. The van der Waals surface area contributed by atoms with E-state index in [0.29, 0.717) is 51.1 Å². The molecule has 326 valence electrons. The smallest absolute Gasteiger partial charge is 0.220 e. The van der Waals surface area contributed by atoms with Gasteiger partial charge < -0.3 is 51.4 Å². The molecule has 9 N–H and O–H groups in total. The van der Waals surface area contributed by atoms with Crippen LogP contribution < -0.4 is 16.0 Å². The van der Waals surface area contributed by atoms with Gasteiger partial charge in [0.2, 0.25) is 11.8 Å². The Hall–Kier alpha value is -4.97. The first-order chi connectivity index (χ1) is 28.1. The van der Waals surface area contributed by atoms with Crippen LogP contribution in [0, 0.1) is 22.2 Å². The Kier molecular flexibility index (Phi) is 18.9. The van der Waals surface area contributed by atoms with Gasteiger partial charge in [-0.05, 0) is 159 Å². The fourth-order valence-corrected chi connectivity index (χ4v) is 9.56. The minimum absolute atomic E-state index is 0.00107. The lowest BCUT2D eigenvalue weighted by Gasteiger charge is -2.58. The molecule has 3 aromatic carbocycles. The van der Waals surface area contributed by atoms with E-state index in [1.165, 1.54) is 30.3 Å². The molecule has 0 radical (unpaired) electrons. The van der Waals surface area contributed by atoms with Gasteiger partial charge in [-0.3, -0.25) is 9.59 Å². The molecule has 2 aliphatic carbocycles. The second kappa shape index (κ2) is 23.0. The van der Waals surface area contributed by atoms with Gasteiger partial charge in [-0.25, -0.2) is 0 Å². The molecule has 0 aromatic heterocycles. The molecular formula is C47H69N3O9. The number of likely N-dealkylation sites (N-methyl/N-ethyl adjacent to an activating group) is 1. The maximum absolute atomic E-state index is 13.0. The predicted molar refractivity (Wildman–Crippen MR) is 231 cm³/mol. The van der Waals surface area contributed by atoms with Crippen molar-refractivity contribution >= 4 is 18.1 Å². The number of carbonyl (C=O) groups excluding carboxylic acids is 3. The molecule has 2 fully saturated rings. The highest BCUT2D eigenvalue weighted by Crippen LogP contribution is 2.64. The van der Waals surface area contributed by atoms with Gasteiger partial charge in [0.15, 0.2) is 34.5 Å². The number of benzene rings is 3. The van der Waals surface area contributed by atoms with Crippen molar-refractivity contribution in [2.24, 2.45) is 22.2 Å². The van der Waals surface area contributed by atoms with Crippen LogP contribution in [0.25, 0.3) is 0 Å². The monoisotopic (exact) mass is 820 g/mol. The topological polar surface area (TPSA) is 209 Å². The number of carbonyl (C=O) groups is 3. The van der Waals surface area contributed by atoms with E-state index in [1.807, 2.05) is 20.9 Å². The van der Waals surface area contributed by atoms with E-state index in [0.717, 1.165) is 87.3 Å². The highest BCUT2D eigenvalue weighted by atomic mass is 16.3. The number of hydrogen-bond acceptors (Lipinski definition) is 10. The number of phenols is 6. The van der Waals surface area contributed by atoms with E-state index in [4.69, 9.17) is 10.2 Å². The molecule has 5 rings (SSSR count). The molecule has 4 unspecified atom stereocenters. The van der Waals surface area contributed by atoms with Crippen LogP contribution >= 0.6 is 0 Å². The molecule has 12 heteroatoms. The van der Waals surface area contributed by atoms with Crippen LogP contribution in [0.4, 0.5) is 0 Å². The van der Waals surface area contributed by atoms with Crippen molar-refractivity contribution < 1.29 is 45.0 Å². The summed E-state index contributed by atoms with van der Waals surface area (Å²) >= 11 is 0. The van der Waals surface area contributed by atoms with Crippen LogP contribution in [-0.2, 0) is 33.6 Å². The summed E-state index contributed by atoms with van der Waals surface area (Å²) in [5.74, 6) is -0.298. The highest BCUT2D eigenvalue weighted by molar-refractivity contribution is 5.76. The minimum atomic E-state index is -0.171. The fraction of sp³-hybridized carbons (Fsp3) is 0.553. The third kappa shape index (κ3) is 15.6. The van der Waals surface area contributed by atoms with Crippen molar-refractivity contribution in [3.8, 4) is 34.5 Å². The first-order valence-electron chi connectivity index (χ1n) is 21.2. The van der Waals surface area contributed by atoms with Gasteiger partial charge in [-0.2, -0.15) is 0 Å². The number of aldehydes is 1. The molecule has 2 bridgehead atoms. The second-order valence-electron chi connectivity index (χ2n) is 17.2. The Morgan fingerprint density at radius 2 is 1.02 bits per heavy atom. The van der Waals surface area contributed by atoms with Gasteiger partial charge in [-0.1, -0.05) is 45.9 Å². The van der Waals surface area contributed by atoms with Crippen LogP contribution in [0.1, 0.15) is 115 Å². The number of phenolic OH excluding ortho intramolecular Hbond substituents is 6. The Labute approximate surface area is 350 Å². The van der Waals surface area contributed by atoms with Crippen molar-refractivity contribution in [1.29, 1.82) is 0 Å². The summed E-state index contributed by atoms with van der Waals surface area (Å²) in [7, 11) is 1.88. The van der Waals surface area contributed by atoms with E-state index >= 15 is 0 Å². The largest absolute Gasteiger partial charge is 0.504 e. The number of rotatable bonds is 18. The van der Waals surface area contributed by atoms with Gasteiger partial charge in [0.05, 0.1) is 0 Å². The maximum Gasteiger partial charge on any atom is 0.220 e. The zero-order valence-electron chi connectivity index (χ0n) is 35.8. The van der Waals surface area contributed by atoms with Crippen LogP contribution in [0.5, 0.6) is 34.5 Å². The van der Waals surface area contributed by atoms with Gasteiger partial charge >= 0.3 is 0 Å². The Morgan fingerprint density at radius 1 is 0.610 bits per heavy atom. The molecular weight excluding hydrogens is 751 g/mol. The Morgan fingerprint density at radius 3 is 1.42 bits per heavy atom. The van der Waals surface area contributed by atoms with Gasteiger partial charge in [0.1, 0.15) is 6.29 Å². The number of nitrogens with one attached hydrogen (secondary N) is 3. The predicted octanol–water partition coefficient (Wildman–Crippen LogP) is 7.54. The summed E-state index contributed by atoms with van der Waals surface area (Å²) < 4.78 is 0. The first kappa shape index (κ1) is 48.4. The van der Waals surface area contributed by atoms with Gasteiger partial charge in [-0.15, -0.1) is 0 Å². The molecule has 0 spiro atoms. The van der Waals surface area contributed by atoms with Crippen LogP contribution in [0.2, 0.25) is 0 Å². The molecule has 12 nitrogen and oxygen atoms in total. The van der Waals surface area contributed by atoms with Gasteiger partial charge in [0.25, 0.3) is 0 Å². The molecule has 0 saturated heterocycles. The fourth-order valence-electron chi connectivity index (χ4n) is 9.56. The third-order valence-corrected chi connectivity index (χ3v) is 11.8. The Balaban J connectivity index is 0.000000564. The molecule has 0 heterocycles. The van der Waals surface area contributed by atoms with Crippen LogP contribution in [0.3, 0.4) is 0 Å². The van der Waals surface area contributed by atoms with Crippen molar-refractivity contribution in [3.63, 3.8) is 0 Å². The van der Waals surface area contributed by atoms with Crippen molar-refractivity contribution in [3.05, 3.63) is 71.3 Å². The summed E-state index contributed by atoms with van der Waals surface area (Å²) in [6.45, 7) is 10.3. The lowest BCUT2D eigenvalue weighted by Crippen LogP contribution is -2.48. The van der Waals surface area contributed by atoms with Crippen molar-refractivity contribution in [2.45, 2.75) is 118 Å². The van der Waals surface area contributed by atoms with Crippen molar-refractivity contribution in [1.82, 2.24) is 16.0 Å². The average Bonchev–Trinajstić information content (AvgIpc) is 3.19. The normalized spacial score (nSPS) is 21.8. The van der Waals surface area contributed by atoms with E-state index in [9.17, 15) is 34.8 Å². The van der Waals surface area contributed by atoms with Crippen LogP contribution in [0.15, 0.2) is 54.6 Å². The quantitative estimate of drug-likeness (QED) is 0.0455. The van der Waals surface area contributed by atoms with Gasteiger partial charge in [0, 0.05) is 32.4 Å². The second-order valence-corrected chi connectivity index (χ2v) is 17.2. The third-order valence-electron chi connectivity index (χ3n) is 11.8. The maximum atomic E-state index is 13.0. The molecule has 3 aromatic rings. The standard InChI is InChI=1S/C36H50N2O7.C9H13NO2.C2H6/c1-34(12-3-17-39)20-27-21-35(2,13-8-32(44)37-15-10-25-4-6-28(40)30(42)18-25)24-36(22-27,23-34)14-9-33(45)38-16-11-26-5-7-29(41)31(43)19-26;1-10-5-4-7-2-3-8(11)9(12)6-7;1-2/h4-7,17-19,27,40-43H,3,8-16,20-24H2,1-2H3,(H,37,44)(H,38,45);2-3,6,10-12H,4-5H2,1H3;1-2H3. The minimum Gasteiger partial charge on any atom is -0.504 e. The zero-order chi connectivity index (χ0) is 43.6. The summed E-state index contributed by atoms with van der Waals surface area (Å²) in [5.41, 5.74) is 2.69. The molecule has 2 aliphatic rings. The summed E-state index contributed by atoms with van der Waals surface area (Å²) in [6, 6.07) is 14.2. The number of hydrogen-bond donors (Lipinski definition) is 9. The zero-order valence-corrected chi connectivity index (χ0v) is 35.8. The lowest BCUT2D eigenvalue weighted by molar-refractivity contribution is -0.125. The molecule has 2 saturated carbocycles. The summed E-state index contributed by atoms with van der Waals surface area (Å²) in [5, 5.41) is 65.6. The molecule has 59 heavy (non-hydrogen) atoms. The number of aromatic hydroxyl groups is 6.